The van der Waals surface area contributed by atoms with Gasteiger partial charge in [-0.1, -0.05) is 0 Å². The van der Waals surface area contributed by atoms with Gasteiger partial charge in [0.25, 0.3) is 0 Å². The summed E-state index contributed by atoms with van der Waals surface area (Å²) in [5.41, 5.74) is 0. The molecule has 1 heterocycles. The fourth-order valence-electron chi connectivity index (χ4n) is 1.35. The summed E-state index contributed by atoms with van der Waals surface area (Å²) in [5, 5.41) is 2.65. The summed E-state index contributed by atoms with van der Waals surface area (Å²) in [6.45, 7) is 0. The summed E-state index contributed by atoms with van der Waals surface area (Å²) in [6.07, 6.45) is 1.94. The first-order valence-corrected chi connectivity index (χ1v) is 6.16. The molecule has 0 saturated heterocycles. The van der Waals surface area contributed by atoms with E-state index >= 15 is 0 Å². The predicted octanol–water partition coefficient (Wildman–Crippen LogP) is 3.77. The van der Waals surface area contributed by atoms with Gasteiger partial charge in [-0.15, -0.1) is 23.1 Å². The Kier molecular flexibility index (Phi) is 2.65. The number of ether oxygens (including phenoxy) is 1. The van der Waals surface area contributed by atoms with Crippen molar-refractivity contribution in [2.75, 3.05) is 13.4 Å². The van der Waals surface area contributed by atoms with E-state index in [0.717, 1.165) is 9.60 Å². The number of thiophene rings is 1. The van der Waals surface area contributed by atoms with Crippen molar-refractivity contribution in [3.8, 4) is 5.75 Å². The maximum absolute atomic E-state index is 13.8. The smallest absolute Gasteiger partial charge is 0.174 e. The fourth-order valence-corrected chi connectivity index (χ4v) is 3.16. The molecule has 14 heavy (non-hydrogen) atoms. The van der Waals surface area contributed by atoms with Crippen molar-refractivity contribution in [3.05, 3.63) is 23.3 Å². The molecule has 0 aliphatic carbocycles. The Morgan fingerprint density at radius 2 is 2.21 bits per heavy atom. The first kappa shape index (κ1) is 9.80. The molecule has 0 bridgehead atoms. The fraction of sp³-hybridized carbons (Fsp3) is 0.200. The lowest BCUT2D eigenvalue weighted by Crippen LogP contribution is -1.87. The Balaban J connectivity index is 2.77. The third-order valence-electron chi connectivity index (χ3n) is 2.05. The third-order valence-corrected chi connectivity index (χ3v) is 3.91. The molecule has 0 aliphatic rings. The molecule has 1 nitrogen and oxygen atoms in total. The zero-order chi connectivity index (χ0) is 10.1. The van der Waals surface area contributed by atoms with Crippen molar-refractivity contribution < 1.29 is 9.13 Å². The van der Waals surface area contributed by atoms with Gasteiger partial charge in [-0.3, -0.25) is 0 Å². The number of methoxy groups -OCH3 is 1. The molecule has 2 aromatic rings. The van der Waals surface area contributed by atoms with E-state index in [-0.39, 0.29) is 5.82 Å². The van der Waals surface area contributed by atoms with E-state index in [1.165, 1.54) is 7.11 Å². The molecule has 74 valence electrons. The van der Waals surface area contributed by atoms with Crippen molar-refractivity contribution in [3.63, 3.8) is 0 Å². The highest BCUT2D eigenvalue weighted by molar-refractivity contribution is 7.99. The van der Waals surface area contributed by atoms with Gasteiger partial charge in [0.05, 0.1) is 7.11 Å². The monoisotopic (exact) mass is 228 g/mol. The summed E-state index contributed by atoms with van der Waals surface area (Å²) in [7, 11) is 1.48. The molecule has 0 N–H and O–H groups in total. The Hall–Kier alpha value is -0.740. The van der Waals surface area contributed by atoms with E-state index in [0.29, 0.717) is 11.1 Å². The van der Waals surface area contributed by atoms with Crippen LogP contribution in [0.3, 0.4) is 0 Å². The van der Waals surface area contributed by atoms with Gasteiger partial charge in [-0.25, -0.2) is 4.39 Å². The van der Waals surface area contributed by atoms with Gasteiger partial charge in [0.15, 0.2) is 11.6 Å². The van der Waals surface area contributed by atoms with Crippen molar-refractivity contribution >= 4 is 33.2 Å². The molecular formula is C10H9FOS2. The van der Waals surface area contributed by atoms with Crippen molar-refractivity contribution in [1.82, 2.24) is 0 Å². The van der Waals surface area contributed by atoms with Crippen LogP contribution in [0.2, 0.25) is 0 Å². The van der Waals surface area contributed by atoms with Crippen LogP contribution in [-0.2, 0) is 0 Å². The van der Waals surface area contributed by atoms with Crippen molar-refractivity contribution in [2.24, 2.45) is 0 Å². The van der Waals surface area contributed by atoms with Crippen LogP contribution in [-0.4, -0.2) is 13.4 Å². The summed E-state index contributed by atoms with van der Waals surface area (Å²) in [6, 6.07) is 3.56. The molecule has 0 spiro atoms. The second kappa shape index (κ2) is 3.79. The molecule has 1 aromatic heterocycles. The van der Waals surface area contributed by atoms with Crippen LogP contribution in [0.25, 0.3) is 10.1 Å². The summed E-state index contributed by atoms with van der Waals surface area (Å²) >= 11 is 3.11. The van der Waals surface area contributed by atoms with Gasteiger partial charge in [-0.05, 0) is 18.4 Å². The number of hydrogen-bond donors (Lipinski definition) is 0. The Labute approximate surface area is 89.9 Å². The molecule has 4 heteroatoms. The Bertz CT molecular complexity index is 464. The minimum absolute atomic E-state index is 0.254. The topological polar surface area (TPSA) is 9.23 Å². The van der Waals surface area contributed by atoms with E-state index in [2.05, 4.69) is 0 Å². The lowest BCUT2D eigenvalue weighted by Gasteiger charge is -2.03. The maximum atomic E-state index is 13.8. The number of hydrogen-bond acceptors (Lipinski definition) is 3. The van der Waals surface area contributed by atoms with Crippen LogP contribution in [0.15, 0.2) is 22.4 Å². The second-order valence-electron chi connectivity index (χ2n) is 2.76. The second-order valence-corrected chi connectivity index (χ2v) is 4.52. The molecule has 0 fully saturated rings. The minimum Gasteiger partial charge on any atom is -0.494 e. The van der Waals surface area contributed by atoms with E-state index in [1.54, 1.807) is 29.2 Å². The molecule has 2 rings (SSSR count). The molecule has 0 amide bonds. The molecule has 1 aromatic carbocycles. The van der Waals surface area contributed by atoms with Crippen LogP contribution in [0.4, 0.5) is 4.39 Å². The lowest BCUT2D eigenvalue weighted by molar-refractivity contribution is 0.389. The standard InChI is InChI=1S/C10H9FOS2/c1-12-6-3-4-7-9(10(6)11)8(13-2)5-14-7/h3-5H,1-2H3. The Morgan fingerprint density at radius 3 is 2.86 bits per heavy atom. The zero-order valence-corrected chi connectivity index (χ0v) is 9.47. The highest BCUT2D eigenvalue weighted by atomic mass is 32.2. The normalized spacial score (nSPS) is 10.8. The molecule has 0 atom stereocenters. The zero-order valence-electron chi connectivity index (χ0n) is 7.83. The van der Waals surface area contributed by atoms with Gasteiger partial charge < -0.3 is 4.74 Å². The summed E-state index contributed by atoms with van der Waals surface area (Å²) in [5.74, 6) is 0.0572. The molecular weight excluding hydrogens is 219 g/mol. The van der Waals surface area contributed by atoms with Crippen LogP contribution < -0.4 is 4.74 Å². The average Bonchev–Trinajstić information content (AvgIpc) is 2.62. The molecule has 0 radical (unpaired) electrons. The first-order valence-electron chi connectivity index (χ1n) is 4.05. The van der Waals surface area contributed by atoms with E-state index in [4.69, 9.17) is 4.74 Å². The maximum Gasteiger partial charge on any atom is 0.174 e. The molecule has 0 saturated carbocycles. The van der Waals surface area contributed by atoms with Gasteiger partial charge in [0.1, 0.15) is 0 Å². The van der Waals surface area contributed by atoms with Gasteiger partial charge in [0.2, 0.25) is 0 Å². The molecule has 0 aliphatic heterocycles. The van der Waals surface area contributed by atoms with Gasteiger partial charge in [0, 0.05) is 20.4 Å². The number of halogens is 1. The average molecular weight is 228 g/mol. The molecule has 0 unspecified atom stereocenters. The third kappa shape index (κ3) is 1.38. The van der Waals surface area contributed by atoms with Crippen LogP contribution in [0, 0.1) is 5.82 Å². The largest absolute Gasteiger partial charge is 0.494 e. The quantitative estimate of drug-likeness (QED) is 0.724. The van der Waals surface area contributed by atoms with E-state index in [9.17, 15) is 4.39 Å². The number of benzene rings is 1. The minimum atomic E-state index is -0.254. The van der Waals surface area contributed by atoms with Crippen LogP contribution in [0.1, 0.15) is 0 Å². The van der Waals surface area contributed by atoms with Crippen molar-refractivity contribution in [2.45, 2.75) is 4.90 Å². The highest BCUT2D eigenvalue weighted by Crippen LogP contribution is 2.37. The number of thioether (sulfide) groups is 1. The Morgan fingerprint density at radius 1 is 1.43 bits per heavy atom. The van der Waals surface area contributed by atoms with E-state index in [1.807, 2.05) is 17.7 Å². The van der Waals surface area contributed by atoms with Crippen LogP contribution in [0.5, 0.6) is 5.75 Å². The number of fused-ring (bicyclic) bond motifs is 1. The SMILES string of the molecule is COc1ccc2scc(SC)c2c1F. The lowest BCUT2D eigenvalue weighted by atomic mass is 10.2. The van der Waals surface area contributed by atoms with Gasteiger partial charge >= 0.3 is 0 Å². The van der Waals surface area contributed by atoms with E-state index < -0.39 is 0 Å². The summed E-state index contributed by atoms with van der Waals surface area (Å²) in [4.78, 5) is 0.974. The highest BCUT2D eigenvalue weighted by Gasteiger charge is 2.12. The first-order chi connectivity index (χ1) is 6.77. The number of rotatable bonds is 2. The predicted molar refractivity (Wildman–Crippen MR) is 60.1 cm³/mol. The van der Waals surface area contributed by atoms with Crippen molar-refractivity contribution in [1.29, 1.82) is 0 Å². The summed E-state index contributed by atoms with van der Waals surface area (Å²) < 4.78 is 19.7. The van der Waals surface area contributed by atoms with Crippen LogP contribution >= 0.6 is 23.1 Å². The van der Waals surface area contributed by atoms with Gasteiger partial charge in [-0.2, -0.15) is 0 Å².